The van der Waals surface area contributed by atoms with Crippen LogP contribution in [0.5, 0.6) is 0 Å². The van der Waals surface area contributed by atoms with Gasteiger partial charge in [0, 0.05) is 46.1 Å². The van der Waals surface area contributed by atoms with Crippen LogP contribution in [0.1, 0.15) is 25.7 Å². The second kappa shape index (κ2) is 8.21. The fraction of sp³-hybridized carbons (Fsp3) is 0.591. The quantitative estimate of drug-likeness (QED) is 0.674. The summed E-state index contributed by atoms with van der Waals surface area (Å²) in [7, 11) is 1.62. The number of anilines is 1. The predicted octanol–water partition coefficient (Wildman–Crippen LogP) is 0.634. The van der Waals surface area contributed by atoms with Gasteiger partial charge in [0.05, 0.1) is 29.3 Å². The Morgan fingerprint density at radius 3 is 2.39 bits per heavy atom. The van der Waals surface area contributed by atoms with Crippen molar-refractivity contribution in [1.29, 1.82) is 0 Å². The fourth-order valence-electron chi connectivity index (χ4n) is 5.34. The van der Waals surface area contributed by atoms with Crippen molar-refractivity contribution in [3.05, 3.63) is 28.7 Å². The van der Waals surface area contributed by atoms with E-state index in [-0.39, 0.29) is 31.2 Å². The van der Waals surface area contributed by atoms with Gasteiger partial charge in [-0.3, -0.25) is 19.1 Å². The minimum Gasteiger partial charge on any atom is -0.367 e. The van der Waals surface area contributed by atoms with E-state index in [0.717, 1.165) is 10.7 Å². The molecule has 0 aliphatic carbocycles. The number of para-hydroxylation sites is 1. The van der Waals surface area contributed by atoms with Crippen LogP contribution >= 0.6 is 0 Å². The lowest BCUT2D eigenvalue weighted by Crippen LogP contribution is -2.61. The van der Waals surface area contributed by atoms with E-state index in [2.05, 4.69) is 10.2 Å². The van der Waals surface area contributed by atoms with Crippen molar-refractivity contribution in [3.63, 3.8) is 0 Å². The third kappa shape index (κ3) is 3.63. The van der Waals surface area contributed by atoms with Crippen LogP contribution in [0.2, 0.25) is 0 Å². The average molecular weight is 463 g/mol. The number of rotatable bonds is 3. The van der Waals surface area contributed by atoms with Gasteiger partial charge in [0.2, 0.25) is 11.8 Å². The summed E-state index contributed by atoms with van der Waals surface area (Å²) in [5.74, 6) is -3.53. The highest BCUT2D eigenvalue weighted by atomic mass is 19.3. The number of fused-ring (bicyclic) bond motifs is 1. The van der Waals surface area contributed by atoms with E-state index in [1.165, 1.54) is 9.24 Å². The largest absolute Gasteiger partial charge is 0.367 e. The second-order valence-electron chi connectivity index (χ2n) is 9.02. The van der Waals surface area contributed by atoms with Gasteiger partial charge in [-0.05, 0) is 31.5 Å². The van der Waals surface area contributed by atoms with Crippen molar-refractivity contribution in [2.75, 3.05) is 49.2 Å². The molecule has 3 aliphatic rings. The number of halogens is 2. The van der Waals surface area contributed by atoms with Crippen LogP contribution in [0.25, 0.3) is 11.0 Å². The fourth-order valence-corrected chi connectivity index (χ4v) is 5.34. The van der Waals surface area contributed by atoms with Gasteiger partial charge in [-0.25, -0.2) is 13.6 Å². The molecule has 0 saturated carbocycles. The lowest BCUT2D eigenvalue weighted by molar-refractivity contribution is -0.131. The van der Waals surface area contributed by atoms with Crippen LogP contribution in [0, 0.1) is 0 Å². The summed E-state index contributed by atoms with van der Waals surface area (Å²) in [5, 5.41) is 3.74. The highest BCUT2D eigenvalue weighted by Crippen LogP contribution is 2.31. The molecule has 0 unspecified atom stereocenters. The Labute approximate surface area is 189 Å². The average Bonchev–Trinajstić information content (AvgIpc) is 3.04. The maximum absolute atomic E-state index is 14.4. The summed E-state index contributed by atoms with van der Waals surface area (Å²) < 4.78 is 31.4. The number of hydrogen-bond donors (Lipinski definition) is 1. The molecule has 1 aromatic heterocycles. The number of carbonyl (C=O) groups excluding carboxylic acids is 2. The smallest absolute Gasteiger partial charge is 0.348 e. The van der Waals surface area contributed by atoms with Crippen LogP contribution in [-0.4, -0.2) is 77.2 Å². The molecule has 1 atom stereocenters. The zero-order valence-corrected chi connectivity index (χ0v) is 18.6. The number of nitrogens with one attached hydrogen (secondary N) is 1. The van der Waals surface area contributed by atoms with Crippen LogP contribution in [0.3, 0.4) is 0 Å². The Kier molecular flexibility index (Phi) is 5.48. The number of piperazine rings is 1. The van der Waals surface area contributed by atoms with E-state index >= 15 is 0 Å². The summed E-state index contributed by atoms with van der Waals surface area (Å²) in [4.78, 5) is 42.0. The Balaban J connectivity index is 1.45. The molecule has 178 valence electrons. The van der Waals surface area contributed by atoms with Crippen molar-refractivity contribution in [2.45, 2.75) is 37.6 Å². The van der Waals surface area contributed by atoms with Gasteiger partial charge >= 0.3 is 5.69 Å². The molecule has 11 heteroatoms. The molecular formula is C22H28F2N6O3. The molecule has 3 fully saturated rings. The summed E-state index contributed by atoms with van der Waals surface area (Å²) in [5.41, 5.74) is 1.43. The molecule has 0 radical (unpaired) electrons. The molecule has 2 amide bonds. The van der Waals surface area contributed by atoms with E-state index in [9.17, 15) is 23.2 Å². The van der Waals surface area contributed by atoms with Gasteiger partial charge < -0.3 is 10.2 Å². The number of hydrogen-bond acceptors (Lipinski definition) is 6. The summed E-state index contributed by atoms with van der Waals surface area (Å²) in [6.45, 7) is 2.37. The first-order valence-corrected chi connectivity index (χ1v) is 11.4. The van der Waals surface area contributed by atoms with Crippen LogP contribution in [0.4, 0.5) is 14.5 Å². The number of piperidine rings is 2. The van der Waals surface area contributed by atoms with E-state index in [1.54, 1.807) is 19.2 Å². The normalized spacial score (nSPS) is 24.6. The van der Waals surface area contributed by atoms with E-state index in [0.29, 0.717) is 56.6 Å². The highest BCUT2D eigenvalue weighted by Gasteiger charge is 2.45. The molecule has 9 nitrogen and oxygen atoms in total. The summed E-state index contributed by atoms with van der Waals surface area (Å²) in [6.07, 6.45) is 1.34. The van der Waals surface area contributed by atoms with E-state index < -0.39 is 17.7 Å². The number of nitrogens with zero attached hydrogens (tertiary/aromatic N) is 5. The van der Waals surface area contributed by atoms with Crippen LogP contribution < -0.4 is 20.9 Å². The van der Waals surface area contributed by atoms with E-state index in [1.807, 2.05) is 11.0 Å². The first-order chi connectivity index (χ1) is 15.8. The number of alkyl halides is 2. The van der Waals surface area contributed by atoms with Crippen molar-refractivity contribution in [2.24, 2.45) is 7.05 Å². The summed E-state index contributed by atoms with van der Waals surface area (Å²) >= 11 is 0. The van der Waals surface area contributed by atoms with Crippen LogP contribution in [0.15, 0.2) is 23.0 Å². The summed E-state index contributed by atoms with van der Waals surface area (Å²) in [6, 6.07) is 4.64. The Morgan fingerprint density at radius 2 is 1.73 bits per heavy atom. The zero-order valence-electron chi connectivity index (χ0n) is 18.6. The Hall–Kier alpha value is -2.79. The van der Waals surface area contributed by atoms with E-state index in [4.69, 9.17) is 0 Å². The Morgan fingerprint density at radius 1 is 1.03 bits per heavy atom. The molecule has 0 bridgehead atoms. The lowest BCUT2D eigenvalue weighted by atomic mass is 9.99. The SMILES string of the molecule is Cn1c(=O)n(N2C(=O)CCCC2=O)c2cccc(N3CCN([C@@H]4CCNCC4(F)F)CC3)c21. The highest BCUT2D eigenvalue weighted by molar-refractivity contribution is 6.11. The number of aryl methyl sites for hydroxylation is 1. The molecule has 0 spiro atoms. The third-order valence-electron chi connectivity index (χ3n) is 7.02. The number of benzene rings is 1. The van der Waals surface area contributed by atoms with Gasteiger partial charge in [-0.2, -0.15) is 9.69 Å². The number of amides is 2. The maximum Gasteiger partial charge on any atom is 0.348 e. The molecular weight excluding hydrogens is 434 g/mol. The molecule has 4 heterocycles. The number of imidazole rings is 1. The van der Waals surface area contributed by atoms with Gasteiger partial charge in [-0.1, -0.05) is 6.07 Å². The topological polar surface area (TPSA) is 82.8 Å². The first-order valence-electron chi connectivity index (χ1n) is 11.4. The molecule has 5 rings (SSSR count). The van der Waals surface area contributed by atoms with Crippen molar-refractivity contribution in [3.8, 4) is 0 Å². The minimum atomic E-state index is -2.75. The number of imide groups is 1. The maximum atomic E-state index is 14.4. The number of carbonyl (C=O) groups is 2. The van der Waals surface area contributed by atoms with Crippen LogP contribution in [-0.2, 0) is 16.6 Å². The minimum absolute atomic E-state index is 0.220. The molecule has 3 saturated heterocycles. The standard InChI is InChI=1S/C22H28F2N6O3/c1-26-20-15(27-10-12-28(13-11-27)17-8-9-25-14-22(17,23)24)4-2-5-16(20)29(21(26)33)30-18(31)6-3-7-19(30)32/h2,4-5,17,25H,3,6-14H2,1H3/t17-/m1/s1. The molecule has 33 heavy (non-hydrogen) atoms. The monoisotopic (exact) mass is 462 g/mol. The van der Waals surface area contributed by atoms with Crippen molar-refractivity contribution >= 4 is 28.5 Å². The third-order valence-corrected chi connectivity index (χ3v) is 7.02. The molecule has 3 aliphatic heterocycles. The van der Waals surface area contributed by atoms with Gasteiger partial charge in [0.15, 0.2) is 0 Å². The number of aromatic nitrogens is 2. The molecule has 2 aromatic rings. The van der Waals surface area contributed by atoms with Gasteiger partial charge in [0.1, 0.15) is 0 Å². The molecule has 1 aromatic carbocycles. The Bertz CT molecular complexity index is 1130. The van der Waals surface area contributed by atoms with Gasteiger partial charge in [0.25, 0.3) is 5.92 Å². The first kappa shape index (κ1) is 22.0. The molecule has 1 N–H and O–H groups in total. The second-order valence-corrected chi connectivity index (χ2v) is 9.02. The zero-order chi connectivity index (χ0) is 23.3. The predicted molar refractivity (Wildman–Crippen MR) is 119 cm³/mol. The lowest BCUT2D eigenvalue weighted by Gasteiger charge is -2.44. The van der Waals surface area contributed by atoms with Gasteiger partial charge in [-0.15, -0.1) is 0 Å². The van der Waals surface area contributed by atoms with Crippen molar-refractivity contribution < 1.29 is 18.4 Å². The van der Waals surface area contributed by atoms with Crippen molar-refractivity contribution in [1.82, 2.24) is 19.5 Å².